The van der Waals surface area contributed by atoms with Gasteiger partial charge in [-0.2, -0.15) is 11.3 Å². The average Bonchev–Trinajstić information content (AvgIpc) is 2.89. The van der Waals surface area contributed by atoms with Crippen LogP contribution in [0.25, 0.3) is 0 Å². The van der Waals surface area contributed by atoms with Gasteiger partial charge < -0.3 is 5.32 Å². The van der Waals surface area contributed by atoms with Gasteiger partial charge in [-0.25, -0.2) is 0 Å². The van der Waals surface area contributed by atoms with Crippen LogP contribution in [0.1, 0.15) is 30.5 Å². The van der Waals surface area contributed by atoms with Crippen molar-refractivity contribution in [3.8, 4) is 0 Å². The molecule has 0 aliphatic carbocycles. The maximum atomic E-state index is 3.70. The molecule has 3 heteroatoms. The van der Waals surface area contributed by atoms with Gasteiger partial charge in [0.1, 0.15) is 0 Å². The van der Waals surface area contributed by atoms with Gasteiger partial charge in [-0.1, -0.05) is 30.3 Å². The van der Waals surface area contributed by atoms with Crippen LogP contribution in [0, 0.1) is 0 Å². The number of nitrogens with zero attached hydrogens (tertiary/aromatic N) is 1. The molecule has 0 radical (unpaired) electrons. The smallest absolute Gasteiger partial charge is 0.0449 e. The van der Waals surface area contributed by atoms with Crippen LogP contribution in [0.15, 0.2) is 47.2 Å². The molecular formula is C18H24N2S. The lowest BCUT2D eigenvalue weighted by Crippen LogP contribution is -2.38. The fourth-order valence-electron chi connectivity index (χ4n) is 3.14. The fraction of sp³-hybridized carbons (Fsp3) is 0.444. The zero-order valence-corrected chi connectivity index (χ0v) is 13.5. The molecule has 3 rings (SSSR count). The molecule has 1 saturated heterocycles. The summed E-state index contributed by atoms with van der Waals surface area (Å²) in [5.41, 5.74) is 2.88. The standard InChI is InChI=1S/C18H24N2S/c1-15(12-16-8-11-21-14-16)20-10-5-9-19-18(13-20)17-6-3-2-4-7-17/h2-4,6-8,11,14-15,18-19H,5,9-10,12-13H2,1H3. The van der Waals surface area contributed by atoms with Crippen LogP contribution in [-0.4, -0.2) is 30.6 Å². The summed E-state index contributed by atoms with van der Waals surface area (Å²) in [6.07, 6.45) is 2.39. The zero-order valence-electron chi connectivity index (χ0n) is 12.7. The van der Waals surface area contributed by atoms with Gasteiger partial charge >= 0.3 is 0 Å². The van der Waals surface area contributed by atoms with E-state index in [1.165, 1.54) is 24.1 Å². The molecule has 1 N–H and O–H groups in total. The molecule has 112 valence electrons. The molecule has 1 aromatic carbocycles. The average molecular weight is 300 g/mol. The lowest BCUT2D eigenvalue weighted by Gasteiger charge is -2.30. The van der Waals surface area contributed by atoms with Crippen LogP contribution in [0.2, 0.25) is 0 Å². The van der Waals surface area contributed by atoms with Crippen molar-refractivity contribution in [1.29, 1.82) is 0 Å². The highest BCUT2D eigenvalue weighted by Crippen LogP contribution is 2.20. The van der Waals surface area contributed by atoms with Gasteiger partial charge in [0.15, 0.2) is 0 Å². The van der Waals surface area contributed by atoms with Gasteiger partial charge in [0, 0.05) is 18.6 Å². The van der Waals surface area contributed by atoms with E-state index in [9.17, 15) is 0 Å². The number of nitrogens with one attached hydrogen (secondary N) is 1. The summed E-state index contributed by atoms with van der Waals surface area (Å²) in [4.78, 5) is 2.65. The van der Waals surface area contributed by atoms with E-state index in [1.54, 1.807) is 11.3 Å². The maximum Gasteiger partial charge on any atom is 0.0449 e. The van der Waals surface area contributed by atoms with Crippen molar-refractivity contribution in [3.63, 3.8) is 0 Å². The van der Waals surface area contributed by atoms with Gasteiger partial charge in [0.25, 0.3) is 0 Å². The quantitative estimate of drug-likeness (QED) is 0.926. The number of rotatable bonds is 4. The van der Waals surface area contributed by atoms with Crippen LogP contribution in [0.4, 0.5) is 0 Å². The van der Waals surface area contributed by atoms with Crippen molar-refractivity contribution >= 4 is 11.3 Å². The molecule has 2 unspecified atom stereocenters. The third-order valence-corrected chi connectivity index (χ3v) is 5.10. The Labute approximate surface area is 131 Å². The normalized spacial score (nSPS) is 21.9. The summed E-state index contributed by atoms with van der Waals surface area (Å²) >= 11 is 1.80. The summed E-state index contributed by atoms with van der Waals surface area (Å²) < 4.78 is 0. The van der Waals surface area contributed by atoms with Crippen molar-refractivity contribution < 1.29 is 0 Å². The minimum absolute atomic E-state index is 0.457. The lowest BCUT2D eigenvalue weighted by molar-refractivity contribution is 0.204. The van der Waals surface area contributed by atoms with E-state index in [2.05, 4.69) is 64.3 Å². The van der Waals surface area contributed by atoms with Crippen LogP contribution in [0.3, 0.4) is 0 Å². The van der Waals surface area contributed by atoms with Crippen molar-refractivity contribution in [3.05, 3.63) is 58.3 Å². The molecule has 1 aliphatic rings. The van der Waals surface area contributed by atoms with Crippen LogP contribution in [0.5, 0.6) is 0 Å². The Morgan fingerprint density at radius 1 is 1.29 bits per heavy atom. The van der Waals surface area contributed by atoms with E-state index in [1.807, 2.05) is 0 Å². The highest BCUT2D eigenvalue weighted by Gasteiger charge is 2.22. The Bertz CT molecular complexity index is 523. The first-order valence-corrected chi connectivity index (χ1v) is 8.80. The van der Waals surface area contributed by atoms with Crippen LogP contribution in [-0.2, 0) is 6.42 Å². The second-order valence-corrected chi connectivity index (χ2v) is 6.73. The zero-order chi connectivity index (χ0) is 14.5. The lowest BCUT2D eigenvalue weighted by atomic mass is 10.0. The number of hydrogen-bond acceptors (Lipinski definition) is 3. The van der Waals surface area contributed by atoms with E-state index in [4.69, 9.17) is 0 Å². The Hall–Kier alpha value is -1.16. The Kier molecular flexibility index (Phi) is 5.07. The molecule has 1 aliphatic heterocycles. The molecule has 2 atom stereocenters. The van der Waals surface area contributed by atoms with Crippen molar-refractivity contribution in [2.45, 2.75) is 31.8 Å². The third-order valence-electron chi connectivity index (χ3n) is 4.37. The minimum Gasteiger partial charge on any atom is -0.309 e. The molecule has 0 amide bonds. The van der Waals surface area contributed by atoms with E-state index < -0.39 is 0 Å². The van der Waals surface area contributed by atoms with Gasteiger partial charge in [0.2, 0.25) is 0 Å². The molecule has 0 spiro atoms. The monoisotopic (exact) mass is 300 g/mol. The first kappa shape index (κ1) is 14.8. The van der Waals surface area contributed by atoms with E-state index in [0.29, 0.717) is 12.1 Å². The summed E-state index contributed by atoms with van der Waals surface area (Å²) in [6, 6.07) is 14.2. The largest absolute Gasteiger partial charge is 0.309 e. The van der Waals surface area contributed by atoms with Gasteiger partial charge in [-0.15, -0.1) is 0 Å². The van der Waals surface area contributed by atoms with Gasteiger partial charge in [-0.3, -0.25) is 4.90 Å². The molecule has 0 bridgehead atoms. The van der Waals surface area contributed by atoms with E-state index in [0.717, 1.165) is 19.5 Å². The second kappa shape index (κ2) is 7.21. The molecule has 2 nitrogen and oxygen atoms in total. The predicted molar refractivity (Wildman–Crippen MR) is 90.9 cm³/mol. The number of thiophene rings is 1. The van der Waals surface area contributed by atoms with Gasteiger partial charge in [-0.05, 0) is 60.8 Å². The fourth-order valence-corrected chi connectivity index (χ4v) is 3.82. The van der Waals surface area contributed by atoms with Crippen molar-refractivity contribution in [1.82, 2.24) is 10.2 Å². The predicted octanol–water partition coefficient (Wildman–Crippen LogP) is 3.72. The minimum atomic E-state index is 0.457. The molecule has 1 fully saturated rings. The summed E-state index contributed by atoms with van der Waals surface area (Å²) in [7, 11) is 0. The summed E-state index contributed by atoms with van der Waals surface area (Å²) in [5, 5.41) is 8.16. The van der Waals surface area contributed by atoms with Crippen LogP contribution >= 0.6 is 11.3 Å². The number of benzene rings is 1. The highest BCUT2D eigenvalue weighted by molar-refractivity contribution is 7.07. The van der Waals surface area contributed by atoms with E-state index in [-0.39, 0.29) is 0 Å². The first-order valence-electron chi connectivity index (χ1n) is 7.86. The Morgan fingerprint density at radius 2 is 2.14 bits per heavy atom. The van der Waals surface area contributed by atoms with Crippen molar-refractivity contribution in [2.24, 2.45) is 0 Å². The molecule has 0 saturated carbocycles. The van der Waals surface area contributed by atoms with E-state index >= 15 is 0 Å². The van der Waals surface area contributed by atoms with Crippen LogP contribution < -0.4 is 5.32 Å². The first-order chi connectivity index (χ1) is 10.3. The molecular weight excluding hydrogens is 276 g/mol. The highest BCUT2D eigenvalue weighted by atomic mass is 32.1. The topological polar surface area (TPSA) is 15.3 Å². The van der Waals surface area contributed by atoms with Gasteiger partial charge in [0.05, 0.1) is 0 Å². The molecule has 21 heavy (non-hydrogen) atoms. The molecule has 2 heterocycles. The third kappa shape index (κ3) is 3.94. The van der Waals surface area contributed by atoms with Crippen molar-refractivity contribution in [2.75, 3.05) is 19.6 Å². The maximum absolute atomic E-state index is 3.70. The Balaban J connectivity index is 1.67. The Morgan fingerprint density at radius 3 is 2.90 bits per heavy atom. The summed E-state index contributed by atoms with van der Waals surface area (Å²) in [5.74, 6) is 0. The number of hydrogen-bond donors (Lipinski definition) is 1. The SMILES string of the molecule is CC(Cc1ccsc1)N1CCCNC(c2ccccc2)C1. The summed E-state index contributed by atoms with van der Waals surface area (Å²) in [6.45, 7) is 5.78. The molecule has 2 aromatic rings. The molecule has 1 aromatic heterocycles. The second-order valence-electron chi connectivity index (χ2n) is 5.95.